The van der Waals surface area contributed by atoms with Crippen molar-refractivity contribution < 1.29 is 4.79 Å². The van der Waals surface area contributed by atoms with E-state index in [9.17, 15) is 4.79 Å². The quantitative estimate of drug-likeness (QED) is 0.713. The van der Waals surface area contributed by atoms with E-state index in [1.165, 1.54) is 0 Å². The average Bonchev–Trinajstić information content (AvgIpc) is 3.24. The summed E-state index contributed by atoms with van der Waals surface area (Å²) in [6.45, 7) is 2.08. The average molecular weight is 354 g/mol. The lowest BCUT2D eigenvalue weighted by Gasteiger charge is -2.17. The molecule has 2 aromatic carbocycles. The number of halogens is 1. The van der Waals surface area contributed by atoms with E-state index < -0.39 is 0 Å². The molecule has 0 spiro atoms. The molecule has 128 valence electrons. The molecule has 1 aromatic heterocycles. The van der Waals surface area contributed by atoms with Gasteiger partial charge in [0.15, 0.2) is 0 Å². The number of hydrogen-bond donors (Lipinski definition) is 0. The van der Waals surface area contributed by atoms with Crippen LogP contribution in [-0.4, -0.2) is 33.4 Å². The zero-order valence-electron chi connectivity index (χ0n) is 14.0. The smallest absolute Gasteiger partial charge is 0.242 e. The van der Waals surface area contributed by atoms with E-state index in [2.05, 4.69) is 4.57 Å². The van der Waals surface area contributed by atoms with Gasteiger partial charge in [-0.05, 0) is 42.7 Å². The maximum Gasteiger partial charge on any atom is 0.242 e. The van der Waals surface area contributed by atoms with Gasteiger partial charge in [-0.1, -0.05) is 35.9 Å². The fourth-order valence-electron chi connectivity index (χ4n) is 3.47. The minimum Gasteiger partial charge on any atom is -0.341 e. The maximum atomic E-state index is 12.7. The van der Waals surface area contributed by atoms with Gasteiger partial charge in [0.1, 0.15) is 12.4 Å². The van der Waals surface area contributed by atoms with Gasteiger partial charge >= 0.3 is 0 Å². The first-order valence-corrected chi connectivity index (χ1v) is 9.05. The van der Waals surface area contributed by atoms with E-state index in [0.717, 1.165) is 48.4 Å². The van der Waals surface area contributed by atoms with Crippen LogP contribution in [0.3, 0.4) is 0 Å². The highest BCUT2D eigenvalue weighted by atomic mass is 35.5. The van der Waals surface area contributed by atoms with Gasteiger partial charge in [0, 0.05) is 24.5 Å². The molecule has 0 radical (unpaired) electrons. The SMILES string of the molecule is O=C(Cn1c(Cc2cccc(Cl)c2)nc2ccccc21)N1CCCC1. The normalized spacial score (nSPS) is 14.4. The van der Waals surface area contributed by atoms with Crippen LogP contribution in [0.15, 0.2) is 48.5 Å². The van der Waals surface area contributed by atoms with Gasteiger partial charge in [-0.25, -0.2) is 4.98 Å². The first-order valence-electron chi connectivity index (χ1n) is 8.67. The lowest BCUT2D eigenvalue weighted by Crippen LogP contribution is -2.31. The molecule has 25 heavy (non-hydrogen) atoms. The van der Waals surface area contributed by atoms with Crippen LogP contribution in [0.2, 0.25) is 5.02 Å². The summed E-state index contributed by atoms with van der Waals surface area (Å²) in [5.41, 5.74) is 3.03. The predicted molar refractivity (Wildman–Crippen MR) is 99.8 cm³/mol. The second-order valence-corrected chi connectivity index (χ2v) is 6.93. The fourth-order valence-corrected chi connectivity index (χ4v) is 3.68. The van der Waals surface area contributed by atoms with Crippen LogP contribution >= 0.6 is 11.6 Å². The Morgan fingerprint density at radius 3 is 2.68 bits per heavy atom. The van der Waals surface area contributed by atoms with Gasteiger partial charge in [-0.15, -0.1) is 0 Å². The van der Waals surface area contributed by atoms with Crippen molar-refractivity contribution in [2.75, 3.05) is 13.1 Å². The van der Waals surface area contributed by atoms with E-state index >= 15 is 0 Å². The van der Waals surface area contributed by atoms with Gasteiger partial charge in [-0.3, -0.25) is 4.79 Å². The Hall–Kier alpha value is -2.33. The molecule has 2 heterocycles. The second-order valence-electron chi connectivity index (χ2n) is 6.50. The molecule has 0 unspecified atom stereocenters. The zero-order chi connectivity index (χ0) is 17.2. The van der Waals surface area contributed by atoms with E-state index in [1.54, 1.807) is 0 Å². The van der Waals surface area contributed by atoms with Crippen molar-refractivity contribution in [1.82, 2.24) is 14.5 Å². The number of carbonyl (C=O) groups excluding carboxylic acids is 1. The number of imidazole rings is 1. The molecule has 0 atom stereocenters. The van der Waals surface area contributed by atoms with E-state index in [-0.39, 0.29) is 5.91 Å². The Balaban J connectivity index is 1.69. The summed E-state index contributed by atoms with van der Waals surface area (Å²) in [6, 6.07) is 15.8. The van der Waals surface area contributed by atoms with Crippen molar-refractivity contribution in [3.05, 3.63) is 64.9 Å². The summed E-state index contributed by atoms with van der Waals surface area (Å²) in [6.07, 6.45) is 2.86. The first kappa shape index (κ1) is 16.2. The number of carbonyl (C=O) groups is 1. The third-order valence-corrected chi connectivity index (χ3v) is 4.97. The summed E-state index contributed by atoms with van der Waals surface area (Å²) in [5.74, 6) is 1.07. The fraction of sp³-hybridized carbons (Fsp3) is 0.300. The second kappa shape index (κ2) is 6.89. The Morgan fingerprint density at radius 2 is 1.88 bits per heavy atom. The van der Waals surface area contributed by atoms with Crippen molar-refractivity contribution in [2.24, 2.45) is 0 Å². The van der Waals surface area contributed by atoms with Gasteiger partial charge in [-0.2, -0.15) is 0 Å². The molecule has 1 aliphatic rings. The summed E-state index contributed by atoms with van der Waals surface area (Å²) in [7, 11) is 0. The van der Waals surface area contributed by atoms with Crippen molar-refractivity contribution in [1.29, 1.82) is 0 Å². The van der Waals surface area contributed by atoms with Crippen molar-refractivity contribution >= 4 is 28.5 Å². The third-order valence-electron chi connectivity index (χ3n) is 4.74. The van der Waals surface area contributed by atoms with Gasteiger partial charge in [0.25, 0.3) is 0 Å². The number of fused-ring (bicyclic) bond motifs is 1. The Morgan fingerprint density at radius 1 is 1.08 bits per heavy atom. The summed E-state index contributed by atoms with van der Waals surface area (Å²) < 4.78 is 2.05. The molecule has 0 N–H and O–H groups in total. The largest absolute Gasteiger partial charge is 0.341 e. The minimum absolute atomic E-state index is 0.174. The molecule has 0 saturated carbocycles. The van der Waals surface area contributed by atoms with Crippen LogP contribution in [0.1, 0.15) is 24.2 Å². The number of rotatable bonds is 4. The van der Waals surface area contributed by atoms with Crippen molar-refractivity contribution in [3.8, 4) is 0 Å². The number of para-hydroxylation sites is 2. The molecular weight excluding hydrogens is 334 g/mol. The van der Waals surface area contributed by atoms with E-state index in [4.69, 9.17) is 16.6 Å². The number of benzene rings is 2. The van der Waals surface area contributed by atoms with Gasteiger partial charge in [0.2, 0.25) is 5.91 Å². The maximum absolute atomic E-state index is 12.7. The Kier molecular flexibility index (Phi) is 4.45. The lowest BCUT2D eigenvalue weighted by atomic mass is 10.1. The minimum atomic E-state index is 0.174. The standard InChI is InChI=1S/C20H20ClN3O/c21-16-7-5-6-15(12-16)13-19-22-17-8-1-2-9-18(17)24(19)14-20(25)23-10-3-4-11-23/h1-2,5-9,12H,3-4,10-11,13-14H2. The summed E-state index contributed by atoms with van der Waals surface area (Å²) in [4.78, 5) is 19.4. The number of likely N-dealkylation sites (tertiary alicyclic amines) is 1. The third kappa shape index (κ3) is 3.40. The monoisotopic (exact) mass is 353 g/mol. The van der Waals surface area contributed by atoms with E-state index in [1.807, 2.05) is 53.4 Å². The number of nitrogens with zero attached hydrogens (tertiary/aromatic N) is 3. The number of amides is 1. The summed E-state index contributed by atoms with van der Waals surface area (Å²) in [5, 5.41) is 0.716. The molecule has 3 aromatic rings. The highest BCUT2D eigenvalue weighted by Crippen LogP contribution is 2.21. The first-order chi connectivity index (χ1) is 12.2. The zero-order valence-corrected chi connectivity index (χ0v) is 14.7. The molecule has 0 aliphatic carbocycles. The van der Waals surface area contributed by atoms with E-state index in [0.29, 0.717) is 18.0 Å². The highest BCUT2D eigenvalue weighted by molar-refractivity contribution is 6.30. The van der Waals surface area contributed by atoms with Crippen molar-refractivity contribution in [3.63, 3.8) is 0 Å². The van der Waals surface area contributed by atoms with Crippen LogP contribution in [0.25, 0.3) is 11.0 Å². The van der Waals surface area contributed by atoms with Gasteiger partial charge < -0.3 is 9.47 Å². The molecule has 1 amide bonds. The summed E-state index contributed by atoms with van der Waals surface area (Å²) >= 11 is 6.11. The molecule has 4 rings (SSSR count). The van der Waals surface area contributed by atoms with Crippen LogP contribution in [-0.2, 0) is 17.8 Å². The molecular formula is C20H20ClN3O. The highest BCUT2D eigenvalue weighted by Gasteiger charge is 2.20. The molecule has 1 fully saturated rings. The lowest BCUT2D eigenvalue weighted by molar-refractivity contribution is -0.130. The van der Waals surface area contributed by atoms with Crippen molar-refractivity contribution in [2.45, 2.75) is 25.8 Å². The van der Waals surface area contributed by atoms with Crippen LogP contribution in [0.5, 0.6) is 0 Å². The topological polar surface area (TPSA) is 38.1 Å². The van der Waals surface area contributed by atoms with Gasteiger partial charge in [0.05, 0.1) is 11.0 Å². The molecule has 5 heteroatoms. The number of aromatic nitrogens is 2. The molecule has 1 saturated heterocycles. The number of hydrogen-bond acceptors (Lipinski definition) is 2. The molecule has 1 aliphatic heterocycles. The molecule has 0 bridgehead atoms. The Bertz CT molecular complexity index is 912. The molecule has 4 nitrogen and oxygen atoms in total. The Labute approximate surface area is 152 Å². The van der Waals surface area contributed by atoms with Crippen LogP contribution in [0, 0.1) is 0 Å². The van der Waals surface area contributed by atoms with Crippen LogP contribution < -0.4 is 0 Å². The van der Waals surface area contributed by atoms with Crippen LogP contribution in [0.4, 0.5) is 0 Å². The predicted octanol–water partition coefficient (Wildman–Crippen LogP) is 3.90.